The molecule has 0 saturated heterocycles. The van der Waals surface area contributed by atoms with Crippen molar-refractivity contribution in [3.05, 3.63) is 0 Å². The van der Waals surface area contributed by atoms with Gasteiger partial charge in [0, 0.05) is 0 Å². The van der Waals surface area contributed by atoms with E-state index in [1.54, 1.807) is 0 Å². The summed E-state index contributed by atoms with van der Waals surface area (Å²) in [7, 11) is 0. The van der Waals surface area contributed by atoms with Crippen LogP contribution in [0.25, 0.3) is 0 Å². The smallest absolute Gasteiger partial charge is 0.300 e. The van der Waals surface area contributed by atoms with Crippen LogP contribution in [0.15, 0.2) is 0 Å². The van der Waals surface area contributed by atoms with Crippen molar-refractivity contribution in [3.8, 4) is 0 Å². The minimum absolute atomic E-state index is 0. The van der Waals surface area contributed by atoms with Crippen LogP contribution in [-0.4, -0.2) is 23.9 Å². The van der Waals surface area contributed by atoms with E-state index in [4.69, 9.17) is 0 Å². The van der Waals surface area contributed by atoms with Crippen LogP contribution >= 0.6 is 0 Å². The van der Waals surface area contributed by atoms with Gasteiger partial charge in [-0.25, -0.2) is 0 Å². The molecule has 0 amide bonds. The molecule has 0 aromatic heterocycles. The van der Waals surface area contributed by atoms with Crippen molar-refractivity contribution < 1.29 is 88.3 Å². The van der Waals surface area contributed by atoms with E-state index in [9.17, 15) is 35.9 Å². The third-order valence-electron chi connectivity index (χ3n) is 0.515. The molecular weight excluding hydrogens is 400 g/mol. The molecule has 16 heavy (non-hydrogen) atoms. The Bertz CT molecular complexity index is 202. The molecule has 0 radical (unpaired) electrons. The van der Waals surface area contributed by atoms with Gasteiger partial charge in [0.05, 0.1) is 0 Å². The average Bonchev–Trinajstić information content (AvgIpc) is 1.80. The van der Waals surface area contributed by atoms with Crippen molar-refractivity contribution in [2.24, 2.45) is 0 Å². The molecule has 0 saturated carbocycles. The van der Waals surface area contributed by atoms with Crippen LogP contribution < -0.4 is 0 Å². The SMILES string of the molecule is CC(C)=O.O=C(C(F)(F)F)C(F)(F)F.[Zr+4].[Zr+4]. The maximum atomic E-state index is 10.9. The number of hydrogen-bond acceptors (Lipinski definition) is 2. The summed E-state index contributed by atoms with van der Waals surface area (Å²) >= 11 is 0. The molecule has 0 atom stereocenters. The van der Waals surface area contributed by atoms with Gasteiger partial charge >= 0.3 is 70.5 Å². The van der Waals surface area contributed by atoms with Gasteiger partial charge in [-0.1, -0.05) is 0 Å². The third kappa shape index (κ3) is 17.1. The van der Waals surface area contributed by atoms with E-state index in [2.05, 4.69) is 0 Å². The predicted molar refractivity (Wildman–Crippen MR) is 33.5 cm³/mol. The molecule has 0 aromatic carbocycles. The fraction of sp³-hybridized carbons (Fsp3) is 0.667. The fourth-order valence-electron chi connectivity index (χ4n) is 0.161. The van der Waals surface area contributed by atoms with Crippen LogP contribution in [0, 0.1) is 0 Å². The number of carbonyl (C=O) groups excluding carboxylic acids is 2. The van der Waals surface area contributed by atoms with Crippen LogP contribution in [0.2, 0.25) is 0 Å². The van der Waals surface area contributed by atoms with Gasteiger partial charge in [-0.2, -0.15) is 26.3 Å². The first-order chi connectivity index (χ1) is 5.89. The second-order valence-electron chi connectivity index (χ2n) is 2.23. The first kappa shape index (κ1) is 25.5. The zero-order chi connectivity index (χ0) is 12.2. The van der Waals surface area contributed by atoms with E-state index in [-0.39, 0.29) is 58.2 Å². The quantitative estimate of drug-likeness (QED) is 0.579. The van der Waals surface area contributed by atoms with Gasteiger partial charge < -0.3 is 4.79 Å². The van der Waals surface area contributed by atoms with E-state index in [0.29, 0.717) is 0 Å². The van der Waals surface area contributed by atoms with Gasteiger partial charge in [0.25, 0.3) is 0 Å². The molecule has 0 aromatic rings. The Kier molecular flexibility index (Phi) is 15.4. The van der Waals surface area contributed by atoms with Gasteiger partial charge in [0.15, 0.2) is 0 Å². The fourth-order valence-corrected chi connectivity index (χ4v) is 0.161. The summed E-state index contributed by atoms with van der Waals surface area (Å²) in [4.78, 5) is 18.7. The molecule has 0 rings (SSSR count). The molecule has 0 heterocycles. The Morgan fingerprint density at radius 3 is 0.875 bits per heavy atom. The number of carbonyl (C=O) groups is 2. The van der Waals surface area contributed by atoms with Gasteiger partial charge in [-0.05, 0) is 13.8 Å². The first-order valence-corrected chi connectivity index (χ1v) is 3.04. The summed E-state index contributed by atoms with van der Waals surface area (Å²) in [5, 5.41) is 0. The Morgan fingerprint density at radius 2 is 0.875 bits per heavy atom. The summed E-state index contributed by atoms with van der Waals surface area (Å²) < 4.78 is 65.3. The average molecular weight is 407 g/mol. The monoisotopic (exact) mass is 404 g/mol. The summed E-state index contributed by atoms with van der Waals surface area (Å²) in [5.41, 5.74) is 0. The number of Topliss-reactive ketones (excluding diaryl/α,β-unsaturated/α-hetero) is 2. The van der Waals surface area contributed by atoms with Crippen molar-refractivity contribution in [1.82, 2.24) is 0 Å². The van der Waals surface area contributed by atoms with Crippen molar-refractivity contribution >= 4 is 11.6 Å². The van der Waals surface area contributed by atoms with E-state index in [1.807, 2.05) is 0 Å². The minimum atomic E-state index is -5.82. The van der Waals surface area contributed by atoms with Gasteiger partial charge in [-0.15, -0.1) is 0 Å². The zero-order valence-electron chi connectivity index (χ0n) is 8.08. The Morgan fingerprint density at radius 1 is 0.750 bits per heavy atom. The standard InChI is InChI=1S/C3F6O.C3H6O.2Zr/c4-2(5,6)1(10)3(7,8)9;1-3(2)4;;/h;1-2H3;;/q;;2*+4. The second-order valence-corrected chi connectivity index (χ2v) is 2.23. The van der Waals surface area contributed by atoms with E-state index < -0.39 is 18.1 Å². The van der Waals surface area contributed by atoms with Crippen LogP contribution in [0.3, 0.4) is 0 Å². The maximum Gasteiger partial charge on any atom is 4.00 e. The van der Waals surface area contributed by atoms with Crippen molar-refractivity contribution in [1.29, 1.82) is 0 Å². The molecule has 0 fully saturated rings. The molecule has 0 unspecified atom stereocenters. The molecule has 0 aliphatic heterocycles. The van der Waals surface area contributed by atoms with Crippen LogP contribution in [0.4, 0.5) is 26.3 Å². The molecule has 0 N–H and O–H groups in total. The van der Waals surface area contributed by atoms with Crippen LogP contribution in [0.1, 0.15) is 13.8 Å². The van der Waals surface area contributed by atoms with E-state index >= 15 is 0 Å². The Balaban J connectivity index is -0.000000105. The predicted octanol–water partition coefficient (Wildman–Crippen LogP) is 2.27. The Labute approximate surface area is 125 Å². The number of hydrogen-bond donors (Lipinski definition) is 0. The molecule has 84 valence electrons. The van der Waals surface area contributed by atoms with Crippen molar-refractivity contribution in [2.45, 2.75) is 26.2 Å². The number of ketones is 2. The number of rotatable bonds is 0. The summed E-state index contributed by atoms with van der Waals surface area (Å²) in [6, 6.07) is 0. The van der Waals surface area contributed by atoms with Crippen LogP contribution in [0.5, 0.6) is 0 Å². The van der Waals surface area contributed by atoms with Crippen LogP contribution in [-0.2, 0) is 62.0 Å². The summed E-state index contributed by atoms with van der Waals surface area (Å²) in [5.74, 6) is -3.51. The molecule has 2 nitrogen and oxygen atoms in total. The van der Waals surface area contributed by atoms with E-state index in [1.165, 1.54) is 13.8 Å². The molecule has 0 spiro atoms. The molecule has 10 heteroatoms. The normalized spacial score (nSPS) is 10.0. The molecule has 0 aliphatic rings. The molecule has 0 bridgehead atoms. The number of alkyl halides is 6. The number of halogens is 6. The van der Waals surface area contributed by atoms with Gasteiger partial charge in [0.1, 0.15) is 5.78 Å². The van der Waals surface area contributed by atoms with Gasteiger partial charge in [0.2, 0.25) is 0 Å². The minimum Gasteiger partial charge on any atom is -0.300 e. The van der Waals surface area contributed by atoms with Crippen molar-refractivity contribution in [3.63, 3.8) is 0 Å². The van der Waals surface area contributed by atoms with Gasteiger partial charge in [-0.3, -0.25) is 4.79 Å². The second kappa shape index (κ2) is 9.69. The maximum absolute atomic E-state index is 10.9. The van der Waals surface area contributed by atoms with Crippen molar-refractivity contribution in [2.75, 3.05) is 0 Å². The topological polar surface area (TPSA) is 34.1 Å². The summed E-state index contributed by atoms with van der Waals surface area (Å²) in [6.45, 7) is 3.06. The Hall–Kier alpha value is 0.686. The third-order valence-corrected chi connectivity index (χ3v) is 0.515. The van der Waals surface area contributed by atoms with E-state index in [0.717, 1.165) is 0 Å². The first-order valence-electron chi connectivity index (χ1n) is 3.04. The molecular formula is C6H6F6O2Zr2+8. The summed E-state index contributed by atoms with van der Waals surface area (Å²) in [6.07, 6.45) is -11.6. The zero-order valence-corrected chi connectivity index (χ0v) is 13.0. The largest absolute Gasteiger partial charge is 4.00 e. The molecule has 0 aliphatic carbocycles.